The van der Waals surface area contributed by atoms with E-state index in [1.54, 1.807) is 6.07 Å². The summed E-state index contributed by atoms with van der Waals surface area (Å²) in [6.07, 6.45) is 3.60. The summed E-state index contributed by atoms with van der Waals surface area (Å²) in [4.78, 5) is 5.24. The molecule has 0 spiro atoms. The van der Waals surface area contributed by atoms with Gasteiger partial charge in [0.2, 0.25) is 0 Å². The van der Waals surface area contributed by atoms with Crippen LogP contribution in [0, 0.1) is 32.6 Å². The fraction of sp³-hybridized carbons (Fsp3) is 0.250. The van der Waals surface area contributed by atoms with E-state index >= 15 is 0 Å². The zero-order chi connectivity index (χ0) is 27.8. The second-order valence-corrected chi connectivity index (χ2v) is 16.3. The number of aryl methyl sites for hydroxylation is 2. The number of benzene rings is 3. The molecule has 3 aromatic rings. The molecule has 0 saturated heterocycles. The molecule has 0 heterocycles. The largest absolute Gasteiger partial charge is 2.00 e. The SMILES string of the molecule is CC#N.Cc1cccc(C)c1N=C1CCCC1P(c1ccccc1)c1ccccc1.[CH3-].[F][Sb-]([F])([F])([F])([F])[F].[Pd+2]. The number of halogens is 6. The number of rotatable bonds is 4. The minimum absolute atomic E-state index is 0. The van der Waals surface area contributed by atoms with Crippen LogP contribution in [0.1, 0.15) is 37.3 Å². The third kappa shape index (κ3) is 14.5. The van der Waals surface area contributed by atoms with E-state index in [-0.39, 0.29) is 27.8 Å². The minimum atomic E-state index is -11.2. The number of hydrogen-bond donors (Lipinski definition) is 0. The van der Waals surface area contributed by atoms with Gasteiger partial charge in [0.1, 0.15) is 0 Å². The van der Waals surface area contributed by atoms with Crippen LogP contribution in [0.4, 0.5) is 22.6 Å². The molecule has 1 fully saturated rings. The molecule has 0 bridgehead atoms. The first-order valence-electron chi connectivity index (χ1n) is 11.5. The van der Waals surface area contributed by atoms with Gasteiger partial charge in [0.05, 0.1) is 11.8 Å². The molecule has 0 N–H and O–H groups in total. The molecule has 3 aromatic carbocycles. The Kier molecular flexibility index (Phi) is 14.2. The Morgan fingerprint density at radius 1 is 0.795 bits per heavy atom. The van der Waals surface area contributed by atoms with Crippen molar-refractivity contribution in [1.82, 2.24) is 0 Å². The van der Waals surface area contributed by atoms with E-state index in [0.29, 0.717) is 5.66 Å². The normalized spacial score (nSPS) is 17.1. The first-order chi connectivity index (χ1) is 17.1. The van der Waals surface area contributed by atoms with Crippen LogP contribution in [0.25, 0.3) is 0 Å². The maximum Gasteiger partial charge on any atom is 2.00 e. The van der Waals surface area contributed by atoms with Crippen LogP contribution in [0.15, 0.2) is 83.9 Å². The molecule has 216 valence electrons. The predicted octanol–water partition coefficient (Wildman–Crippen LogP) is 9.18. The molecule has 39 heavy (non-hydrogen) atoms. The van der Waals surface area contributed by atoms with E-state index in [9.17, 15) is 16.9 Å². The molecule has 1 aliphatic rings. The van der Waals surface area contributed by atoms with Crippen LogP contribution in [0.2, 0.25) is 0 Å². The van der Waals surface area contributed by atoms with Crippen molar-refractivity contribution in [2.24, 2.45) is 4.99 Å². The van der Waals surface area contributed by atoms with Gasteiger partial charge in [-0.2, -0.15) is 5.26 Å². The fourth-order valence-electron chi connectivity index (χ4n) is 4.03. The van der Waals surface area contributed by atoms with Gasteiger partial charge in [-0.1, -0.05) is 78.9 Å². The first kappa shape index (κ1) is 37.3. The third-order valence-corrected chi connectivity index (χ3v) is 8.26. The van der Waals surface area contributed by atoms with E-state index in [4.69, 9.17) is 10.3 Å². The summed E-state index contributed by atoms with van der Waals surface area (Å²) in [5.74, 6) is 0. The Labute approximate surface area is 244 Å². The van der Waals surface area contributed by atoms with Crippen LogP contribution in [-0.2, 0) is 20.4 Å². The van der Waals surface area contributed by atoms with Gasteiger partial charge in [-0.3, -0.25) is 4.99 Å². The first-order valence-corrected chi connectivity index (χ1v) is 18.7. The van der Waals surface area contributed by atoms with Gasteiger partial charge in [-0.25, -0.2) is 0 Å². The summed E-state index contributed by atoms with van der Waals surface area (Å²) in [6, 6.07) is 30.3. The van der Waals surface area contributed by atoms with E-state index in [0.717, 1.165) is 6.42 Å². The Hall–Kier alpha value is -1.69. The van der Waals surface area contributed by atoms with Gasteiger partial charge < -0.3 is 7.43 Å². The number of hydrogen-bond acceptors (Lipinski definition) is 2. The molecule has 0 aromatic heterocycles. The summed E-state index contributed by atoms with van der Waals surface area (Å²) in [5.41, 5.74) is 5.65. The average Bonchev–Trinajstić information content (AvgIpc) is 3.24. The van der Waals surface area contributed by atoms with Crippen molar-refractivity contribution < 1.29 is 37.3 Å². The summed E-state index contributed by atoms with van der Waals surface area (Å²) in [7, 11) is -0.438. The van der Waals surface area contributed by atoms with Gasteiger partial charge in [0, 0.05) is 18.3 Å². The molecular formula is C28H32F6N2PPdSb. The maximum absolute atomic E-state index is 11.2. The fourth-order valence-corrected chi connectivity index (χ4v) is 6.96. The van der Waals surface area contributed by atoms with Crippen LogP contribution in [0.3, 0.4) is 0 Å². The van der Waals surface area contributed by atoms with Gasteiger partial charge >= 0.3 is 56.8 Å². The number of nitriles is 1. The minimum Gasteiger partial charge on any atom is 2.00 e. The summed E-state index contributed by atoms with van der Waals surface area (Å²) in [6.45, 7) is 5.78. The molecule has 0 amide bonds. The van der Waals surface area contributed by atoms with E-state index < -0.39 is 27.4 Å². The average molecular weight is 770 g/mol. The van der Waals surface area contributed by atoms with Crippen LogP contribution >= 0.6 is 7.92 Å². The molecule has 1 saturated carbocycles. The maximum atomic E-state index is 9.93. The van der Waals surface area contributed by atoms with Crippen LogP contribution in [-0.4, -0.2) is 30.8 Å². The third-order valence-electron chi connectivity index (χ3n) is 5.37. The van der Waals surface area contributed by atoms with Gasteiger partial charge in [0.25, 0.3) is 0 Å². The number of aliphatic imine (C=N–C) groups is 1. The molecule has 1 aliphatic carbocycles. The molecule has 1 atom stereocenters. The molecule has 4 rings (SSSR count). The van der Waals surface area contributed by atoms with Crippen LogP contribution in [0.5, 0.6) is 0 Å². The quantitative estimate of drug-likeness (QED) is 0.113. The standard InChI is InChI=1S/C25H26NP.C2H3N.CH3.6FH.Pd.Sb/c1-19-11-9-12-20(2)25(19)26-23-17-10-18-24(23)27(21-13-5-3-6-14-21)22-15-7-4-8-16-22;1-2-3;;;;;;;;;/h3-9,11-16,24H,10,17-18H2,1-2H3;1H3;1H3;6*1H;;/q;;-1;;;;;;;+2;+5/p-6. The predicted molar refractivity (Wildman–Crippen MR) is 150 cm³/mol. The Morgan fingerprint density at radius 3 is 1.56 bits per heavy atom. The van der Waals surface area contributed by atoms with Crippen molar-refractivity contribution in [2.45, 2.75) is 45.7 Å². The molecular weight excluding hydrogens is 737 g/mol. The topological polar surface area (TPSA) is 36.1 Å². The van der Waals surface area contributed by atoms with Crippen molar-refractivity contribution in [3.8, 4) is 6.07 Å². The van der Waals surface area contributed by atoms with Crippen molar-refractivity contribution >= 4 is 49.4 Å². The molecule has 0 aliphatic heterocycles. The molecule has 2 nitrogen and oxygen atoms in total. The smallest absolute Gasteiger partial charge is 2.00 e. The van der Waals surface area contributed by atoms with Gasteiger partial charge in [-0.15, -0.1) is 0 Å². The van der Waals surface area contributed by atoms with E-state index in [1.165, 1.54) is 52.9 Å². The number of nitrogens with zero attached hydrogens (tertiary/aromatic N) is 2. The molecule has 0 radical (unpaired) electrons. The second-order valence-electron chi connectivity index (χ2n) is 8.47. The molecule has 1 unspecified atom stereocenters. The zero-order valence-electron chi connectivity index (χ0n) is 22.1. The Morgan fingerprint density at radius 2 is 1.18 bits per heavy atom. The van der Waals surface area contributed by atoms with Crippen molar-refractivity contribution in [1.29, 1.82) is 5.26 Å². The Balaban J connectivity index is 0.00000104. The summed E-state index contributed by atoms with van der Waals surface area (Å²) in [5, 5.41) is 10.2. The zero-order valence-corrected chi connectivity index (χ0v) is 27.1. The summed E-state index contributed by atoms with van der Waals surface area (Å²) < 4.78 is 59.6. The second kappa shape index (κ2) is 14.8. The van der Waals surface area contributed by atoms with E-state index in [1.807, 2.05) is 0 Å². The van der Waals surface area contributed by atoms with Crippen molar-refractivity contribution in [2.75, 3.05) is 0 Å². The van der Waals surface area contributed by atoms with Crippen LogP contribution < -0.4 is 10.6 Å². The van der Waals surface area contributed by atoms with Crippen molar-refractivity contribution in [3.05, 3.63) is 97.4 Å². The van der Waals surface area contributed by atoms with Gasteiger partial charge in [0.15, 0.2) is 0 Å². The molecule has 11 heteroatoms. The van der Waals surface area contributed by atoms with Crippen molar-refractivity contribution in [3.63, 3.8) is 0 Å². The van der Waals surface area contributed by atoms with Gasteiger partial charge in [-0.05, 0) is 62.8 Å². The van der Waals surface area contributed by atoms with E-state index in [2.05, 4.69) is 92.7 Å². The Bertz CT molecular complexity index is 1180. The summed E-state index contributed by atoms with van der Waals surface area (Å²) >= 11 is -11.2. The monoisotopic (exact) mass is 768 g/mol. The number of para-hydroxylation sites is 1.